The quantitative estimate of drug-likeness (QED) is 0.463. The first-order chi connectivity index (χ1) is 14.2. The number of phenolic OH excluding ortho intramolecular Hbond substituents is 1. The number of phenols is 1. The zero-order chi connectivity index (χ0) is 23.6. The van der Waals surface area contributed by atoms with E-state index in [0.29, 0.717) is 11.3 Å². The Bertz CT molecular complexity index is 1040. The van der Waals surface area contributed by atoms with Crippen LogP contribution in [0.1, 0.15) is 68.6 Å². The van der Waals surface area contributed by atoms with Gasteiger partial charge in [0, 0.05) is 16.8 Å². The number of carboxylic acid groups (broad SMARTS) is 1. The monoisotopic (exact) mass is 420 g/mol. The highest BCUT2D eigenvalue weighted by molar-refractivity contribution is 6.09. The number of aromatic carboxylic acids is 1. The highest BCUT2D eigenvalue weighted by Crippen LogP contribution is 2.40. The maximum Gasteiger partial charge on any atom is 0.335 e. The highest BCUT2D eigenvalue weighted by Gasteiger charge is 2.26. The van der Waals surface area contributed by atoms with Crippen molar-refractivity contribution in [2.75, 3.05) is 5.32 Å². The summed E-state index contributed by atoms with van der Waals surface area (Å²) in [6.07, 6.45) is 1.49. The predicted molar refractivity (Wildman–Crippen MR) is 121 cm³/mol. The molecular formula is C25H28N2O4. The Balaban J connectivity index is 2.46. The zero-order valence-electron chi connectivity index (χ0n) is 18.7. The summed E-state index contributed by atoms with van der Waals surface area (Å²) < 4.78 is 0. The summed E-state index contributed by atoms with van der Waals surface area (Å²) in [6.45, 7) is 11.9. The van der Waals surface area contributed by atoms with E-state index in [-0.39, 0.29) is 27.7 Å². The Morgan fingerprint density at radius 2 is 1.45 bits per heavy atom. The highest BCUT2D eigenvalue weighted by atomic mass is 16.4. The van der Waals surface area contributed by atoms with Gasteiger partial charge >= 0.3 is 5.97 Å². The Kier molecular flexibility index (Phi) is 6.61. The molecule has 162 valence electrons. The largest absolute Gasteiger partial charge is 0.507 e. The van der Waals surface area contributed by atoms with Crippen LogP contribution in [0.5, 0.6) is 5.75 Å². The van der Waals surface area contributed by atoms with Crippen LogP contribution >= 0.6 is 0 Å². The van der Waals surface area contributed by atoms with E-state index in [1.807, 2.05) is 47.6 Å². The molecule has 0 saturated carbocycles. The lowest BCUT2D eigenvalue weighted by atomic mass is 9.78. The van der Waals surface area contributed by atoms with Gasteiger partial charge in [0.25, 0.3) is 5.91 Å². The van der Waals surface area contributed by atoms with E-state index < -0.39 is 11.9 Å². The number of nitrogens with zero attached hydrogens (tertiary/aromatic N) is 1. The standard InChI is InChI=1S/C25H28N2O4/c1-24(2,3)19-12-15(13-20(21(19)28)25(4,5)6)11-17(14-26)22(29)27-18-9-7-16(8-10-18)23(30)31/h7-13,28H,1-6H3,(H,27,29)(H,30,31)/b17-11+. The van der Waals surface area contributed by atoms with Crippen LogP contribution < -0.4 is 5.32 Å². The summed E-state index contributed by atoms with van der Waals surface area (Å²) in [4.78, 5) is 23.6. The second-order valence-electron chi connectivity index (χ2n) is 9.47. The molecule has 2 rings (SSSR count). The lowest BCUT2D eigenvalue weighted by molar-refractivity contribution is -0.112. The third-order valence-corrected chi connectivity index (χ3v) is 4.81. The summed E-state index contributed by atoms with van der Waals surface area (Å²) in [7, 11) is 0. The molecule has 3 N–H and O–H groups in total. The van der Waals surface area contributed by atoms with Crippen molar-refractivity contribution in [1.29, 1.82) is 5.26 Å². The van der Waals surface area contributed by atoms with Crippen molar-refractivity contribution in [3.05, 3.63) is 64.2 Å². The van der Waals surface area contributed by atoms with E-state index in [4.69, 9.17) is 5.11 Å². The Hall–Kier alpha value is -3.59. The van der Waals surface area contributed by atoms with Gasteiger partial charge in [-0.3, -0.25) is 4.79 Å². The summed E-state index contributed by atoms with van der Waals surface area (Å²) >= 11 is 0. The summed E-state index contributed by atoms with van der Waals surface area (Å²) in [5, 5.41) is 32.0. The van der Waals surface area contributed by atoms with Crippen molar-refractivity contribution < 1.29 is 19.8 Å². The molecule has 0 atom stereocenters. The fourth-order valence-corrected chi connectivity index (χ4v) is 3.09. The molecule has 0 spiro atoms. The number of rotatable bonds is 4. The number of nitriles is 1. The van der Waals surface area contributed by atoms with Crippen LogP contribution in [0.4, 0.5) is 5.69 Å². The minimum atomic E-state index is -1.06. The minimum Gasteiger partial charge on any atom is -0.507 e. The summed E-state index contributed by atoms with van der Waals surface area (Å²) in [5.41, 5.74) is 1.80. The zero-order valence-corrected chi connectivity index (χ0v) is 18.7. The maximum atomic E-state index is 12.6. The second-order valence-corrected chi connectivity index (χ2v) is 9.47. The molecular weight excluding hydrogens is 392 g/mol. The van der Waals surface area contributed by atoms with Gasteiger partial charge in [-0.15, -0.1) is 0 Å². The average Bonchev–Trinajstić information content (AvgIpc) is 2.65. The molecule has 0 unspecified atom stereocenters. The van der Waals surface area contributed by atoms with E-state index in [2.05, 4.69) is 5.32 Å². The molecule has 0 saturated heterocycles. The average molecular weight is 421 g/mol. The lowest BCUT2D eigenvalue weighted by Gasteiger charge is -2.28. The number of nitrogens with one attached hydrogen (secondary N) is 1. The summed E-state index contributed by atoms with van der Waals surface area (Å²) in [6, 6.07) is 11.2. The van der Waals surface area contributed by atoms with Gasteiger partial charge < -0.3 is 15.5 Å². The number of carbonyl (C=O) groups excluding carboxylic acids is 1. The third-order valence-electron chi connectivity index (χ3n) is 4.81. The smallest absolute Gasteiger partial charge is 0.335 e. The fourth-order valence-electron chi connectivity index (χ4n) is 3.09. The number of benzene rings is 2. The lowest BCUT2D eigenvalue weighted by Crippen LogP contribution is -2.18. The van der Waals surface area contributed by atoms with E-state index in [1.54, 1.807) is 12.1 Å². The van der Waals surface area contributed by atoms with Crippen molar-refractivity contribution >= 4 is 23.6 Å². The van der Waals surface area contributed by atoms with Crippen molar-refractivity contribution in [3.63, 3.8) is 0 Å². The van der Waals surface area contributed by atoms with Gasteiger partial charge in [0.2, 0.25) is 0 Å². The Labute approximate surface area is 182 Å². The molecule has 2 aromatic carbocycles. The predicted octanol–water partition coefficient (Wildman–Crippen LogP) is 5.23. The van der Waals surface area contributed by atoms with Crippen LogP contribution in [0.15, 0.2) is 42.0 Å². The number of hydrogen-bond acceptors (Lipinski definition) is 4. The molecule has 0 aliphatic carbocycles. The number of anilines is 1. The molecule has 0 bridgehead atoms. The molecule has 1 amide bonds. The number of carbonyl (C=O) groups is 2. The molecule has 0 fully saturated rings. The topological polar surface area (TPSA) is 110 Å². The SMILES string of the molecule is CC(C)(C)c1cc(/C=C(\C#N)C(=O)Nc2ccc(C(=O)O)cc2)cc(C(C)(C)C)c1O. The Morgan fingerprint density at radius 3 is 1.84 bits per heavy atom. The normalized spacial score (nSPS) is 12.2. The van der Waals surface area contributed by atoms with Gasteiger partial charge in [-0.2, -0.15) is 5.26 Å². The molecule has 0 aliphatic rings. The van der Waals surface area contributed by atoms with E-state index in [9.17, 15) is 20.0 Å². The van der Waals surface area contributed by atoms with Crippen molar-refractivity contribution in [3.8, 4) is 11.8 Å². The fraction of sp³-hybridized carbons (Fsp3) is 0.320. The molecule has 2 aromatic rings. The number of aromatic hydroxyl groups is 1. The minimum absolute atomic E-state index is 0.0996. The molecule has 0 aliphatic heterocycles. The number of carboxylic acids is 1. The van der Waals surface area contributed by atoms with E-state index in [0.717, 1.165) is 11.1 Å². The van der Waals surface area contributed by atoms with Gasteiger partial charge in [0.15, 0.2) is 0 Å². The van der Waals surface area contributed by atoms with Crippen LogP contribution in [0.25, 0.3) is 6.08 Å². The van der Waals surface area contributed by atoms with Crippen LogP contribution in [0.3, 0.4) is 0 Å². The van der Waals surface area contributed by atoms with Gasteiger partial charge in [-0.05, 0) is 58.9 Å². The van der Waals surface area contributed by atoms with Crippen LogP contribution in [-0.2, 0) is 15.6 Å². The molecule has 6 nitrogen and oxygen atoms in total. The van der Waals surface area contributed by atoms with Gasteiger partial charge in [0.1, 0.15) is 17.4 Å². The van der Waals surface area contributed by atoms with Crippen molar-refractivity contribution in [1.82, 2.24) is 0 Å². The van der Waals surface area contributed by atoms with Gasteiger partial charge in [-0.25, -0.2) is 4.79 Å². The van der Waals surface area contributed by atoms with Gasteiger partial charge in [0.05, 0.1) is 5.56 Å². The molecule has 0 radical (unpaired) electrons. The molecule has 6 heteroatoms. The summed E-state index contributed by atoms with van der Waals surface area (Å²) in [5.74, 6) is -1.45. The second kappa shape index (κ2) is 8.65. The number of hydrogen-bond donors (Lipinski definition) is 3. The first kappa shape index (κ1) is 23.7. The van der Waals surface area contributed by atoms with Crippen LogP contribution in [0, 0.1) is 11.3 Å². The maximum absolute atomic E-state index is 12.6. The first-order valence-electron chi connectivity index (χ1n) is 9.88. The van der Waals surface area contributed by atoms with Crippen LogP contribution in [-0.4, -0.2) is 22.1 Å². The van der Waals surface area contributed by atoms with Crippen LogP contribution in [0.2, 0.25) is 0 Å². The first-order valence-corrected chi connectivity index (χ1v) is 9.88. The van der Waals surface area contributed by atoms with E-state index in [1.165, 1.54) is 30.3 Å². The van der Waals surface area contributed by atoms with E-state index >= 15 is 0 Å². The van der Waals surface area contributed by atoms with Crippen molar-refractivity contribution in [2.24, 2.45) is 0 Å². The Morgan fingerprint density at radius 1 is 0.968 bits per heavy atom. The molecule has 0 aromatic heterocycles. The molecule has 0 heterocycles. The van der Waals surface area contributed by atoms with Gasteiger partial charge in [-0.1, -0.05) is 41.5 Å². The number of amides is 1. The third kappa shape index (κ3) is 5.73. The molecule has 31 heavy (non-hydrogen) atoms. The van der Waals surface area contributed by atoms with Crippen molar-refractivity contribution in [2.45, 2.75) is 52.4 Å².